The molecular weight excluding hydrogens is 221 g/mol. The summed E-state index contributed by atoms with van der Waals surface area (Å²) in [5, 5.41) is 0. The highest BCUT2D eigenvalue weighted by Gasteiger charge is 2.28. The van der Waals surface area contributed by atoms with Crippen molar-refractivity contribution in [3.63, 3.8) is 0 Å². The van der Waals surface area contributed by atoms with Crippen LogP contribution >= 0.6 is 0 Å². The van der Waals surface area contributed by atoms with Crippen molar-refractivity contribution in [2.75, 3.05) is 12.8 Å². The minimum Gasteiger partial charge on any atom is -0.383 e. The zero-order chi connectivity index (χ0) is 13.2. The summed E-state index contributed by atoms with van der Waals surface area (Å²) in [6.45, 7) is 5.86. The van der Waals surface area contributed by atoms with Gasteiger partial charge in [0, 0.05) is 12.6 Å². The van der Waals surface area contributed by atoms with Gasteiger partial charge in [0.05, 0.1) is 11.8 Å². The van der Waals surface area contributed by atoms with E-state index in [-0.39, 0.29) is 22.8 Å². The van der Waals surface area contributed by atoms with E-state index in [0.717, 1.165) is 18.7 Å². The summed E-state index contributed by atoms with van der Waals surface area (Å²) in [5.41, 5.74) is 5.38. The monoisotopic (exact) mass is 239 g/mol. The molecule has 0 saturated heterocycles. The van der Waals surface area contributed by atoms with Gasteiger partial charge in [-0.3, -0.25) is 4.79 Å². The molecule has 0 bridgehead atoms. The zero-order valence-electron chi connectivity index (χ0n) is 10.6. The molecule has 1 rings (SSSR count). The van der Waals surface area contributed by atoms with Crippen molar-refractivity contribution in [3.05, 3.63) is 23.6 Å². The standard InChI is InChI=1S/C12H18FN3O/c1-5-12(2,3)16(4)11(17)9-6-8(13)7-15-10(9)14/h6-7H,5H2,1-4H3,(H2,14,15). The van der Waals surface area contributed by atoms with Crippen LogP contribution in [0.2, 0.25) is 0 Å². The number of rotatable bonds is 3. The number of hydrogen-bond donors (Lipinski definition) is 1. The number of anilines is 1. The third kappa shape index (κ3) is 2.72. The van der Waals surface area contributed by atoms with Crippen molar-refractivity contribution in [2.45, 2.75) is 32.7 Å². The van der Waals surface area contributed by atoms with E-state index in [4.69, 9.17) is 5.73 Å². The van der Waals surface area contributed by atoms with Crippen LogP contribution in [0.25, 0.3) is 0 Å². The lowest BCUT2D eigenvalue weighted by Crippen LogP contribution is -2.44. The highest BCUT2D eigenvalue weighted by molar-refractivity contribution is 5.98. The fourth-order valence-electron chi connectivity index (χ4n) is 1.31. The van der Waals surface area contributed by atoms with Crippen molar-refractivity contribution in [3.8, 4) is 0 Å². The molecule has 0 fully saturated rings. The molecule has 17 heavy (non-hydrogen) atoms. The molecule has 0 atom stereocenters. The van der Waals surface area contributed by atoms with E-state index in [0.29, 0.717) is 0 Å². The zero-order valence-corrected chi connectivity index (χ0v) is 10.6. The van der Waals surface area contributed by atoms with E-state index < -0.39 is 5.82 Å². The fraction of sp³-hybridized carbons (Fsp3) is 0.500. The van der Waals surface area contributed by atoms with Gasteiger partial charge in [0.15, 0.2) is 0 Å². The Labute approximate surface area is 101 Å². The minimum atomic E-state index is -0.565. The average molecular weight is 239 g/mol. The van der Waals surface area contributed by atoms with E-state index >= 15 is 0 Å². The van der Waals surface area contributed by atoms with Crippen molar-refractivity contribution < 1.29 is 9.18 Å². The Balaban J connectivity index is 3.08. The molecule has 1 amide bonds. The summed E-state index contributed by atoms with van der Waals surface area (Å²) >= 11 is 0. The topological polar surface area (TPSA) is 59.2 Å². The Morgan fingerprint density at radius 2 is 2.18 bits per heavy atom. The summed E-state index contributed by atoms with van der Waals surface area (Å²) in [4.78, 5) is 17.4. The average Bonchev–Trinajstić information content (AvgIpc) is 2.30. The van der Waals surface area contributed by atoms with Gasteiger partial charge >= 0.3 is 0 Å². The molecule has 0 unspecified atom stereocenters. The molecule has 1 heterocycles. The van der Waals surface area contributed by atoms with Gasteiger partial charge in [-0.25, -0.2) is 9.37 Å². The second-order valence-electron chi connectivity index (χ2n) is 4.62. The first kappa shape index (κ1) is 13.4. The Bertz CT molecular complexity index is 432. The lowest BCUT2D eigenvalue weighted by atomic mass is 9.99. The van der Waals surface area contributed by atoms with Crippen LogP contribution in [0.5, 0.6) is 0 Å². The molecule has 0 aliphatic rings. The van der Waals surface area contributed by atoms with Crippen molar-refractivity contribution in [1.29, 1.82) is 0 Å². The molecule has 4 nitrogen and oxygen atoms in total. The van der Waals surface area contributed by atoms with Gasteiger partial charge < -0.3 is 10.6 Å². The largest absolute Gasteiger partial charge is 0.383 e. The molecule has 2 N–H and O–H groups in total. The Hall–Kier alpha value is -1.65. The Morgan fingerprint density at radius 1 is 1.59 bits per heavy atom. The van der Waals surface area contributed by atoms with Gasteiger partial charge in [-0.2, -0.15) is 0 Å². The number of nitrogens with zero attached hydrogens (tertiary/aromatic N) is 2. The lowest BCUT2D eigenvalue weighted by molar-refractivity contribution is 0.0620. The quantitative estimate of drug-likeness (QED) is 0.878. The highest BCUT2D eigenvalue weighted by atomic mass is 19.1. The van der Waals surface area contributed by atoms with E-state index in [1.165, 1.54) is 0 Å². The van der Waals surface area contributed by atoms with Gasteiger partial charge in [0.2, 0.25) is 0 Å². The van der Waals surface area contributed by atoms with E-state index in [1.54, 1.807) is 11.9 Å². The Kier molecular flexibility index (Phi) is 3.70. The van der Waals surface area contributed by atoms with Crippen LogP contribution in [-0.4, -0.2) is 28.4 Å². The summed E-state index contributed by atoms with van der Waals surface area (Å²) < 4.78 is 13.1. The van der Waals surface area contributed by atoms with E-state index in [1.807, 2.05) is 20.8 Å². The normalized spacial score (nSPS) is 11.4. The molecule has 5 heteroatoms. The number of amides is 1. The van der Waals surface area contributed by atoms with Crippen molar-refractivity contribution in [1.82, 2.24) is 9.88 Å². The second kappa shape index (κ2) is 4.69. The molecule has 0 aliphatic heterocycles. The lowest BCUT2D eigenvalue weighted by Gasteiger charge is -2.35. The molecule has 0 aliphatic carbocycles. The molecule has 1 aromatic rings. The SMILES string of the molecule is CCC(C)(C)N(C)C(=O)c1cc(F)cnc1N. The fourth-order valence-corrected chi connectivity index (χ4v) is 1.31. The molecular formula is C12H18FN3O. The summed E-state index contributed by atoms with van der Waals surface area (Å²) in [6, 6.07) is 1.12. The van der Waals surface area contributed by atoms with Gasteiger partial charge in [0.25, 0.3) is 5.91 Å². The van der Waals surface area contributed by atoms with Crippen molar-refractivity contribution in [2.24, 2.45) is 0 Å². The highest BCUT2D eigenvalue weighted by Crippen LogP contribution is 2.21. The summed E-state index contributed by atoms with van der Waals surface area (Å²) in [5.74, 6) is -0.832. The third-order valence-corrected chi connectivity index (χ3v) is 3.19. The number of halogens is 1. The predicted molar refractivity (Wildman–Crippen MR) is 65.1 cm³/mol. The maximum Gasteiger partial charge on any atom is 0.257 e. The first-order valence-corrected chi connectivity index (χ1v) is 5.48. The predicted octanol–water partition coefficient (Wildman–Crippen LogP) is 2.06. The molecule has 0 radical (unpaired) electrons. The summed E-state index contributed by atoms with van der Waals surface area (Å²) in [7, 11) is 1.68. The number of pyridine rings is 1. The first-order chi connectivity index (χ1) is 7.79. The molecule has 0 saturated carbocycles. The van der Waals surface area contributed by atoms with Crippen LogP contribution in [-0.2, 0) is 0 Å². The number of nitrogen functional groups attached to an aromatic ring is 1. The van der Waals surface area contributed by atoms with Crippen LogP contribution < -0.4 is 5.73 Å². The van der Waals surface area contributed by atoms with Crippen LogP contribution in [0, 0.1) is 5.82 Å². The maximum absolute atomic E-state index is 13.1. The number of hydrogen-bond acceptors (Lipinski definition) is 3. The maximum atomic E-state index is 13.1. The van der Waals surface area contributed by atoms with Gasteiger partial charge in [-0.15, -0.1) is 0 Å². The first-order valence-electron chi connectivity index (χ1n) is 5.48. The minimum absolute atomic E-state index is 0.0511. The summed E-state index contributed by atoms with van der Waals surface area (Å²) in [6.07, 6.45) is 1.79. The van der Waals surface area contributed by atoms with Crippen LogP contribution in [0.15, 0.2) is 12.3 Å². The number of carbonyl (C=O) groups excluding carboxylic acids is 1. The van der Waals surface area contributed by atoms with Gasteiger partial charge in [-0.05, 0) is 26.3 Å². The number of aromatic nitrogens is 1. The van der Waals surface area contributed by atoms with Crippen molar-refractivity contribution >= 4 is 11.7 Å². The molecule has 1 aromatic heterocycles. The van der Waals surface area contributed by atoms with E-state index in [9.17, 15) is 9.18 Å². The molecule has 0 spiro atoms. The van der Waals surface area contributed by atoms with Gasteiger partial charge in [0.1, 0.15) is 11.6 Å². The molecule has 0 aromatic carbocycles. The number of nitrogens with two attached hydrogens (primary N) is 1. The van der Waals surface area contributed by atoms with Crippen LogP contribution in [0.4, 0.5) is 10.2 Å². The third-order valence-electron chi connectivity index (χ3n) is 3.19. The van der Waals surface area contributed by atoms with Crippen LogP contribution in [0.1, 0.15) is 37.6 Å². The smallest absolute Gasteiger partial charge is 0.257 e. The molecule has 94 valence electrons. The Morgan fingerprint density at radius 3 is 2.71 bits per heavy atom. The van der Waals surface area contributed by atoms with Gasteiger partial charge in [-0.1, -0.05) is 6.92 Å². The van der Waals surface area contributed by atoms with Crippen LogP contribution in [0.3, 0.4) is 0 Å². The van der Waals surface area contributed by atoms with E-state index in [2.05, 4.69) is 4.98 Å². The second-order valence-corrected chi connectivity index (χ2v) is 4.62. The number of carbonyl (C=O) groups is 1.